The zero-order valence-corrected chi connectivity index (χ0v) is 11.7. The van der Waals surface area contributed by atoms with Crippen molar-refractivity contribution in [2.24, 2.45) is 0 Å². The maximum Gasteiger partial charge on any atom is 0.271 e. The molecule has 0 bridgehead atoms. The first-order chi connectivity index (χ1) is 10.7. The summed E-state index contributed by atoms with van der Waals surface area (Å²) in [7, 11) is 0. The van der Waals surface area contributed by atoms with E-state index >= 15 is 0 Å². The quantitative estimate of drug-likeness (QED) is 0.575. The van der Waals surface area contributed by atoms with Crippen LogP contribution < -0.4 is 16.2 Å². The lowest BCUT2D eigenvalue weighted by Gasteiger charge is -2.07. The summed E-state index contributed by atoms with van der Waals surface area (Å²) in [5, 5.41) is 11.8. The highest BCUT2D eigenvalue weighted by atomic mass is 16.1. The molecule has 2 heterocycles. The van der Waals surface area contributed by atoms with Crippen LogP contribution in [0.15, 0.2) is 47.4 Å². The van der Waals surface area contributed by atoms with Gasteiger partial charge in [0.15, 0.2) is 0 Å². The Balaban J connectivity index is 1.53. The monoisotopic (exact) mass is 297 g/mol. The minimum absolute atomic E-state index is 0.109. The Bertz CT molecular complexity index is 838. The maximum absolute atomic E-state index is 11.8. The Morgan fingerprint density at radius 1 is 1.18 bits per heavy atom. The number of benzene rings is 1. The normalized spacial score (nSPS) is 10.5. The van der Waals surface area contributed by atoms with Gasteiger partial charge in [-0.25, -0.2) is 4.98 Å². The molecule has 2 aromatic heterocycles. The smallest absolute Gasteiger partial charge is 0.271 e. The van der Waals surface area contributed by atoms with Crippen LogP contribution in [-0.4, -0.2) is 27.6 Å². The molecule has 0 fully saturated rings. The Morgan fingerprint density at radius 3 is 2.91 bits per heavy atom. The van der Waals surface area contributed by atoms with E-state index in [9.17, 15) is 9.59 Å². The van der Waals surface area contributed by atoms with Gasteiger partial charge in [-0.15, -0.1) is 0 Å². The number of nitrogens with one attached hydrogen (secondary N) is 4. The Labute approximate surface area is 125 Å². The van der Waals surface area contributed by atoms with Crippen LogP contribution in [0.5, 0.6) is 0 Å². The predicted octanol–water partition coefficient (Wildman–Crippen LogP) is 1.69. The lowest BCUT2D eigenvalue weighted by Crippen LogP contribution is -2.16. The van der Waals surface area contributed by atoms with Gasteiger partial charge in [0.05, 0.1) is 10.9 Å². The molecule has 0 atom stereocenters. The molecule has 0 saturated heterocycles. The summed E-state index contributed by atoms with van der Waals surface area (Å²) in [6.45, 7) is 0.485. The second-order valence-corrected chi connectivity index (χ2v) is 4.78. The molecule has 0 aliphatic heterocycles. The van der Waals surface area contributed by atoms with Crippen LogP contribution in [0.2, 0.25) is 0 Å². The molecule has 0 spiro atoms. The van der Waals surface area contributed by atoms with Crippen molar-refractivity contribution in [2.75, 3.05) is 17.2 Å². The largest absolute Gasteiger partial charge is 0.384 e. The van der Waals surface area contributed by atoms with Gasteiger partial charge in [-0.05, 0) is 30.3 Å². The molecule has 7 nitrogen and oxygen atoms in total. The fourth-order valence-corrected chi connectivity index (χ4v) is 2.11. The van der Waals surface area contributed by atoms with Gasteiger partial charge >= 0.3 is 0 Å². The zero-order chi connectivity index (χ0) is 15.4. The van der Waals surface area contributed by atoms with Crippen LogP contribution in [0.3, 0.4) is 0 Å². The van der Waals surface area contributed by atoms with Crippen LogP contribution in [0, 0.1) is 0 Å². The van der Waals surface area contributed by atoms with Crippen molar-refractivity contribution >= 4 is 28.3 Å². The first-order valence-corrected chi connectivity index (χ1v) is 6.87. The molecular formula is C15H15N5O2. The number of carbonyl (C=O) groups excluding carboxylic acids is 1. The minimum Gasteiger partial charge on any atom is -0.384 e. The molecule has 1 aromatic carbocycles. The summed E-state index contributed by atoms with van der Waals surface area (Å²) in [6.07, 6.45) is 1.94. The number of aromatic amines is 2. The number of hydrogen-bond donors (Lipinski definition) is 4. The molecule has 22 heavy (non-hydrogen) atoms. The van der Waals surface area contributed by atoms with Gasteiger partial charge in [0.2, 0.25) is 5.91 Å². The average Bonchev–Trinajstić information content (AvgIpc) is 2.89. The summed E-state index contributed by atoms with van der Waals surface area (Å²) >= 11 is 0. The predicted molar refractivity (Wildman–Crippen MR) is 84.9 cm³/mol. The molecule has 7 heteroatoms. The minimum atomic E-state index is -0.142. The third-order valence-electron chi connectivity index (χ3n) is 3.19. The van der Waals surface area contributed by atoms with E-state index in [0.717, 1.165) is 11.2 Å². The molecule has 3 aromatic rings. The van der Waals surface area contributed by atoms with Crippen molar-refractivity contribution in [3.8, 4) is 0 Å². The molecule has 0 aliphatic rings. The number of anilines is 2. The standard InChI is InChI=1S/C15H15N5O2/c21-14(18-13-3-1-2-7-17-13)6-8-16-10-4-5-11-12(9-10)19-20-15(11)22/h1-5,7,9,16H,6,8H2,(H,17,18,21)(H2,19,20,22). The van der Waals surface area contributed by atoms with Gasteiger partial charge < -0.3 is 10.6 Å². The van der Waals surface area contributed by atoms with Crippen molar-refractivity contribution in [3.05, 3.63) is 52.9 Å². The lowest BCUT2D eigenvalue weighted by molar-refractivity contribution is -0.116. The SMILES string of the molecule is O=C(CCNc1ccc2c(=O)[nH][nH]c2c1)Nc1ccccn1. The van der Waals surface area contributed by atoms with Crippen molar-refractivity contribution in [1.29, 1.82) is 0 Å². The van der Waals surface area contributed by atoms with Gasteiger partial charge in [0.25, 0.3) is 5.56 Å². The number of rotatable bonds is 5. The number of aromatic nitrogens is 3. The highest BCUT2D eigenvalue weighted by molar-refractivity contribution is 5.90. The second kappa shape index (κ2) is 6.13. The summed E-state index contributed by atoms with van der Waals surface area (Å²) < 4.78 is 0. The third kappa shape index (κ3) is 3.14. The van der Waals surface area contributed by atoms with E-state index in [-0.39, 0.29) is 11.5 Å². The third-order valence-corrected chi connectivity index (χ3v) is 3.19. The van der Waals surface area contributed by atoms with E-state index in [4.69, 9.17) is 0 Å². The number of H-pyrrole nitrogens is 2. The second-order valence-electron chi connectivity index (χ2n) is 4.78. The number of hydrogen-bond acceptors (Lipinski definition) is 4. The number of amides is 1. The molecule has 0 unspecified atom stereocenters. The van der Waals surface area contributed by atoms with E-state index in [1.165, 1.54) is 0 Å². The molecule has 0 aliphatic carbocycles. The van der Waals surface area contributed by atoms with Gasteiger partial charge in [-0.2, -0.15) is 0 Å². The van der Waals surface area contributed by atoms with Crippen LogP contribution in [-0.2, 0) is 4.79 Å². The zero-order valence-electron chi connectivity index (χ0n) is 11.7. The van der Waals surface area contributed by atoms with Crippen LogP contribution >= 0.6 is 0 Å². The molecular weight excluding hydrogens is 282 g/mol. The first kappa shape index (κ1) is 13.9. The number of carbonyl (C=O) groups is 1. The lowest BCUT2D eigenvalue weighted by atomic mass is 10.2. The highest BCUT2D eigenvalue weighted by Crippen LogP contribution is 2.14. The number of nitrogens with zero attached hydrogens (tertiary/aromatic N) is 1. The average molecular weight is 297 g/mol. The van der Waals surface area contributed by atoms with E-state index in [1.54, 1.807) is 24.4 Å². The topological polar surface area (TPSA) is 103 Å². The fraction of sp³-hybridized carbons (Fsp3) is 0.133. The van der Waals surface area contributed by atoms with Crippen molar-refractivity contribution in [1.82, 2.24) is 15.2 Å². The summed E-state index contributed by atoms with van der Waals surface area (Å²) in [6, 6.07) is 10.7. The van der Waals surface area contributed by atoms with Crippen LogP contribution in [0.25, 0.3) is 10.9 Å². The van der Waals surface area contributed by atoms with Gasteiger partial charge in [0, 0.05) is 24.8 Å². The Morgan fingerprint density at radius 2 is 2.09 bits per heavy atom. The first-order valence-electron chi connectivity index (χ1n) is 6.87. The van der Waals surface area contributed by atoms with Crippen molar-refractivity contribution in [3.63, 3.8) is 0 Å². The van der Waals surface area contributed by atoms with Gasteiger partial charge in [-0.3, -0.25) is 19.8 Å². The molecule has 3 rings (SSSR count). The Hall–Kier alpha value is -3.09. The van der Waals surface area contributed by atoms with Crippen LogP contribution in [0.4, 0.5) is 11.5 Å². The molecule has 0 radical (unpaired) electrons. The number of fused-ring (bicyclic) bond motifs is 1. The van der Waals surface area contributed by atoms with E-state index < -0.39 is 0 Å². The van der Waals surface area contributed by atoms with Gasteiger partial charge in [0.1, 0.15) is 5.82 Å². The Kier molecular flexibility index (Phi) is 3.86. The molecule has 0 saturated carbocycles. The van der Waals surface area contributed by atoms with E-state index in [1.807, 2.05) is 18.2 Å². The molecule has 112 valence electrons. The molecule has 4 N–H and O–H groups in total. The van der Waals surface area contributed by atoms with E-state index in [0.29, 0.717) is 24.2 Å². The van der Waals surface area contributed by atoms with E-state index in [2.05, 4.69) is 25.8 Å². The maximum atomic E-state index is 11.8. The number of pyridine rings is 1. The van der Waals surface area contributed by atoms with Gasteiger partial charge in [-0.1, -0.05) is 6.07 Å². The summed E-state index contributed by atoms with van der Waals surface area (Å²) in [5.74, 6) is 0.432. The van der Waals surface area contributed by atoms with Crippen LogP contribution in [0.1, 0.15) is 6.42 Å². The van der Waals surface area contributed by atoms with Crippen molar-refractivity contribution < 1.29 is 4.79 Å². The highest BCUT2D eigenvalue weighted by Gasteiger charge is 2.04. The summed E-state index contributed by atoms with van der Waals surface area (Å²) in [5.41, 5.74) is 1.43. The van der Waals surface area contributed by atoms with Crippen molar-refractivity contribution in [2.45, 2.75) is 6.42 Å². The molecule has 1 amide bonds. The summed E-state index contributed by atoms with van der Waals surface area (Å²) in [4.78, 5) is 27.2. The fourth-order valence-electron chi connectivity index (χ4n) is 2.11.